The number of fused-ring (bicyclic) bond motifs is 3. The molecule has 6 heteroatoms. The molecule has 3 rings (SSSR count). The van der Waals surface area contributed by atoms with Crippen LogP contribution in [0.15, 0.2) is 12.1 Å². The zero-order chi connectivity index (χ0) is 12.2. The van der Waals surface area contributed by atoms with Gasteiger partial charge in [-0.3, -0.25) is 0 Å². The minimum Gasteiger partial charge on any atom is -0.356 e. The van der Waals surface area contributed by atoms with E-state index in [9.17, 15) is 17.2 Å². The van der Waals surface area contributed by atoms with Crippen LogP contribution >= 0.6 is 0 Å². The second-order valence-electron chi connectivity index (χ2n) is 4.23. The Morgan fingerprint density at radius 1 is 1.24 bits per heavy atom. The maximum absolute atomic E-state index is 13.5. The highest BCUT2D eigenvalue weighted by Gasteiger charge is 2.26. The zero-order valence-corrected chi connectivity index (χ0v) is 9.57. The Morgan fingerprint density at radius 3 is 2.76 bits per heavy atom. The van der Waals surface area contributed by atoms with Crippen molar-refractivity contribution in [2.45, 2.75) is 12.2 Å². The van der Waals surface area contributed by atoms with Gasteiger partial charge in [0.1, 0.15) is 11.6 Å². The van der Waals surface area contributed by atoms with E-state index >= 15 is 0 Å². The van der Waals surface area contributed by atoms with Gasteiger partial charge >= 0.3 is 0 Å². The fourth-order valence-corrected chi connectivity index (χ4v) is 3.68. The molecule has 1 aromatic heterocycles. The molecule has 0 amide bonds. The van der Waals surface area contributed by atoms with Crippen molar-refractivity contribution in [3.05, 3.63) is 35.0 Å². The second-order valence-corrected chi connectivity index (χ2v) is 6.42. The lowest BCUT2D eigenvalue weighted by Gasteiger charge is -2.11. The van der Waals surface area contributed by atoms with Gasteiger partial charge < -0.3 is 4.98 Å². The normalized spacial score (nSPS) is 18.2. The quantitative estimate of drug-likeness (QED) is 0.783. The first-order valence-electron chi connectivity index (χ1n) is 5.15. The highest BCUT2D eigenvalue weighted by molar-refractivity contribution is 7.90. The van der Waals surface area contributed by atoms with Crippen molar-refractivity contribution in [2.24, 2.45) is 0 Å². The van der Waals surface area contributed by atoms with Crippen molar-refractivity contribution in [1.29, 1.82) is 0 Å². The number of rotatable bonds is 0. The minimum absolute atomic E-state index is 0.0525. The number of hydrogen-bond acceptors (Lipinski definition) is 2. The first-order valence-corrected chi connectivity index (χ1v) is 6.97. The number of benzene rings is 1. The van der Waals surface area contributed by atoms with Crippen LogP contribution in [0.1, 0.15) is 11.3 Å². The number of sulfone groups is 1. The molecule has 0 unspecified atom stereocenters. The summed E-state index contributed by atoms with van der Waals surface area (Å²) >= 11 is 0. The van der Waals surface area contributed by atoms with Crippen LogP contribution in [0, 0.1) is 11.6 Å². The van der Waals surface area contributed by atoms with Crippen LogP contribution in [0.2, 0.25) is 0 Å². The van der Waals surface area contributed by atoms with Gasteiger partial charge in [0.05, 0.1) is 17.0 Å². The number of hydrogen-bond donors (Lipinski definition) is 1. The molecule has 0 saturated heterocycles. The summed E-state index contributed by atoms with van der Waals surface area (Å²) in [5, 5.41) is 0.334. The van der Waals surface area contributed by atoms with E-state index < -0.39 is 21.5 Å². The van der Waals surface area contributed by atoms with Gasteiger partial charge in [0.2, 0.25) is 0 Å². The Hall–Kier alpha value is -1.43. The van der Waals surface area contributed by atoms with Gasteiger partial charge in [0.25, 0.3) is 0 Å². The van der Waals surface area contributed by atoms with Crippen molar-refractivity contribution in [1.82, 2.24) is 4.98 Å². The van der Waals surface area contributed by atoms with E-state index in [-0.39, 0.29) is 17.0 Å². The predicted molar refractivity (Wildman–Crippen MR) is 59.4 cm³/mol. The lowest BCUT2D eigenvalue weighted by atomic mass is 10.1. The number of halogens is 2. The van der Waals surface area contributed by atoms with Gasteiger partial charge in [0.15, 0.2) is 9.84 Å². The van der Waals surface area contributed by atoms with Gasteiger partial charge in [-0.15, -0.1) is 0 Å². The molecule has 0 spiro atoms. The zero-order valence-electron chi connectivity index (χ0n) is 8.76. The van der Waals surface area contributed by atoms with Crippen molar-refractivity contribution in [3.8, 4) is 0 Å². The molecule has 1 N–H and O–H groups in total. The summed E-state index contributed by atoms with van der Waals surface area (Å²) in [5.41, 5.74) is 1.39. The second kappa shape index (κ2) is 3.29. The molecule has 0 aliphatic carbocycles. The first-order chi connectivity index (χ1) is 7.96. The van der Waals surface area contributed by atoms with Crippen molar-refractivity contribution >= 4 is 20.7 Å². The smallest absolute Gasteiger partial charge is 0.154 e. The monoisotopic (exact) mass is 257 g/mol. The molecule has 2 heterocycles. The molecule has 90 valence electrons. The molecule has 17 heavy (non-hydrogen) atoms. The third-order valence-electron chi connectivity index (χ3n) is 3.05. The first kappa shape index (κ1) is 10.7. The number of nitrogens with one attached hydrogen (secondary N) is 1. The molecule has 1 aliphatic heterocycles. The fraction of sp³-hybridized carbons (Fsp3) is 0.273. The summed E-state index contributed by atoms with van der Waals surface area (Å²) < 4.78 is 49.7. The van der Waals surface area contributed by atoms with Gasteiger partial charge in [-0.25, -0.2) is 17.2 Å². The molecule has 1 aromatic carbocycles. The Kier molecular flexibility index (Phi) is 2.07. The molecule has 0 radical (unpaired) electrons. The standard InChI is InChI=1S/C11H9F2NO2S/c12-6-3-7-8-5-17(15,16)2-1-10(8)14-11(7)9(13)4-6/h3-4,14H,1-2,5H2. The summed E-state index contributed by atoms with van der Waals surface area (Å²) in [6, 6.07) is 1.97. The number of H-pyrrole nitrogens is 1. The molecule has 0 fully saturated rings. The number of aryl methyl sites for hydroxylation is 1. The Labute approximate surface area is 96.4 Å². The molecular formula is C11H9F2NO2S. The van der Waals surface area contributed by atoms with Crippen LogP contribution in [0.3, 0.4) is 0 Å². The molecule has 1 aliphatic rings. The van der Waals surface area contributed by atoms with Crippen molar-refractivity contribution < 1.29 is 17.2 Å². The van der Waals surface area contributed by atoms with Crippen LogP contribution < -0.4 is 0 Å². The van der Waals surface area contributed by atoms with Crippen LogP contribution in [-0.2, 0) is 22.0 Å². The van der Waals surface area contributed by atoms with E-state index in [1.54, 1.807) is 0 Å². The molecule has 2 aromatic rings. The summed E-state index contributed by atoms with van der Waals surface area (Å²) in [6.07, 6.45) is 0.327. The summed E-state index contributed by atoms with van der Waals surface area (Å²) in [7, 11) is -3.15. The predicted octanol–water partition coefficient (Wildman–Crippen LogP) is 1.92. The van der Waals surface area contributed by atoms with E-state index in [1.807, 2.05) is 0 Å². The Morgan fingerprint density at radius 2 is 2.00 bits per heavy atom. The van der Waals surface area contributed by atoms with Crippen LogP contribution in [0.4, 0.5) is 8.78 Å². The van der Waals surface area contributed by atoms with E-state index in [0.29, 0.717) is 23.1 Å². The van der Waals surface area contributed by atoms with Gasteiger partial charge in [-0.2, -0.15) is 0 Å². The van der Waals surface area contributed by atoms with Crippen LogP contribution in [-0.4, -0.2) is 19.2 Å². The Bertz CT molecular complexity index is 719. The van der Waals surface area contributed by atoms with Gasteiger partial charge in [0, 0.05) is 23.6 Å². The molecule has 3 nitrogen and oxygen atoms in total. The van der Waals surface area contributed by atoms with Crippen LogP contribution in [0.25, 0.3) is 10.9 Å². The number of aromatic nitrogens is 1. The van der Waals surface area contributed by atoms with E-state index in [1.165, 1.54) is 6.07 Å². The summed E-state index contributed by atoms with van der Waals surface area (Å²) in [6.45, 7) is 0. The molecule has 0 bridgehead atoms. The van der Waals surface area contributed by atoms with E-state index in [0.717, 1.165) is 6.07 Å². The largest absolute Gasteiger partial charge is 0.356 e. The molecular weight excluding hydrogens is 248 g/mol. The molecule has 0 saturated carbocycles. The maximum Gasteiger partial charge on any atom is 0.154 e. The third-order valence-corrected chi connectivity index (χ3v) is 4.60. The SMILES string of the molecule is O=S1(=O)CCc2[nH]c3c(F)cc(F)cc3c2C1. The minimum atomic E-state index is -3.15. The van der Waals surface area contributed by atoms with Gasteiger partial charge in [-0.05, 0) is 11.6 Å². The molecule has 0 atom stereocenters. The Balaban J connectivity index is 2.35. The lowest BCUT2D eigenvalue weighted by Crippen LogP contribution is -2.18. The lowest BCUT2D eigenvalue weighted by molar-refractivity contribution is 0.590. The van der Waals surface area contributed by atoms with Crippen LogP contribution in [0.5, 0.6) is 0 Å². The summed E-state index contributed by atoms with van der Waals surface area (Å²) in [4.78, 5) is 2.84. The highest BCUT2D eigenvalue weighted by Crippen LogP contribution is 2.30. The van der Waals surface area contributed by atoms with Crippen molar-refractivity contribution in [3.63, 3.8) is 0 Å². The highest BCUT2D eigenvalue weighted by atomic mass is 32.2. The van der Waals surface area contributed by atoms with Gasteiger partial charge in [-0.1, -0.05) is 0 Å². The number of aromatic amines is 1. The third kappa shape index (κ3) is 1.63. The van der Waals surface area contributed by atoms with E-state index in [2.05, 4.69) is 4.98 Å². The summed E-state index contributed by atoms with van der Waals surface area (Å²) in [5.74, 6) is -1.48. The van der Waals surface area contributed by atoms with Crippen molar-refractivity contribution in [2.75, 3.05) is 5.75 Å². The average Bonchev–Trinajstić information content (AvgIpc) is 2.55. The average molecular weight is 257 g/mol. The maximum atomic E-state index is 13.5. The topological polar surface area (TPSA) is 49.9 Å². The fourth-order valence-electron chi connectivity index (χ4n) is 2.26. The van der Waals surface area contributed by atoms with E-state index in [4.69, 9.17) is 0 Å².